The Labute approximate surface area is 299 Å². The van der Waals surface area contributed by atoms with Crippen LogP contribution in [0.2, 0.25) is 0 Å². The van der Waals surface area contributed by atoms with Gasteiger partial charge in [-0.2, -0.15) is 0 Å². The minimum atomic E-state index is -3.92. The van der Waals surface area contributed by atoms with Gasteiger partial charge in [0.15, 0.2) is 0 Å². The van der Waals surface area contributed by atoms with Crippen LogP contribution in [0.3, 0.4) is 0 Å². The van der Waals surface area contributed by atoms with Crippen LogP contribution < -0.4 is 25.4 Å². The first-order valence-corrected chi connectivity index (χ1v) is 18.9. The summed E-state index contributed by atoms with van der Waals surface area (Å²) >= 11 is 0. The molecular weight excluding hydrogens is 669 g/mol. The van der Waals surface area contributed by atoms with Crippen molar-refractivity contribution in [3.63, 3.8) is 0 Å². The molecule has 12 nitrogen and oxygen atoms in total. The number of methoxy groups -OCH3 is 1. The molecule has 2 aliphatic rings. The molecule has 0 atom stereocenters. The van der Waals surface area contributed by atoms with Crippen LogP contribution in [0.15, 0.2) is 66.9 Å². The highest BCUT2D eigenvalue weighted by Crippen LogP contribution is 2.37. The molecule has 3 aromatic carbocycles. The Hall–Kier alpha value is -4.56. The van der Waals surface area contributed by atoms with E-state index in [2.05, 4.69) is 37.7 Å². The van der Waals surface area contributed by atoms with E-state index in [1.807, 2.05) is 63.4 Å². The Morgan fingerprint density at radius 2 is 1.69 bits per heavy atom. The van der Waals surface area contributed by atoms with Crippen LogP contribution in [0.4, 0.5) is 16.2 Å². The first-order chi connectivity index (χ1) is 24.4. The second-order valence-corrected chi connectivity index (χ2v) is 15.9. The van der Waals surface area contributed by atoms with Crippen molar-refractivity contribution in [2.75, 3.05) is 50.6 Å². The van der Waals surface area contributed by atoms with Crippen molar-refractivity contribution >= 4 is 44.1 Å². The molecule has 0 radical (unpaired) electrons. The number of sulfonamides is 1. The fourth-order valence-electron chi connectivity index (χ4n) is 6.10. The topological polar surface area (TPSA) is 151 Å². The number of hydrogen-bond acceptors (Lipinski definition) is 8. The van der Waals surface area contributed by atoms with Gasteiger partial charge in [0.05, 0.1) is 49.7 Å². The second-order valence-electron chi connectivity index (χ2n) is 14.1. The SMILES string of the molecule is COc1c(CS(=O)(=O)NCC(=O)NC2CC2)cc(C(C)(C)C)cc1NC(=O)Nc1ccc(-c2ccc(CN3CCOCC3)nc2)c2ccccc12. The number of ether oxygens (including phenoxy) is 2. The van der Waals surface area contributed by atoms with E-state index in [1.54, 1.807) is 12.1 Å². The molecule has 13 heteroatoms. The molecule has 4 N–H and O–H groups in total. The number of morpholine rings is 1. The molecule has 0 bridgehead atoms. The molecule has 6 rings (SSSR count). The number of pyridine rings is 1. The van der Waals surface area contributed by atoms with Gasteiger partial charge in [-0.25, -0.2) is 17.9 Å². The fourth-order valence-corrected chi connectivity index (χ4v) is 7.18. The quantitative estimate of drug-likeness (QED) is 0.153. The molecule has 1 aliphatic heterocycles. The molecule has 1 saturated carbocycles. The maximum absolute atomic E-state index is 13.6. The van der Waals surface area contributed by atoms with Gasteiger partial charge >= 0.3 is 6.03 Å². The molecule has 3 amide bonds. The van der Waals surface area contributed by atoms with Crippen molar-refractivity contribution in [3.8, 4) is 16.9 Å². The molecule has 270 valence electrons. The highest BCUT2D eigenvalue weighted by Gasteiger charge is 2.26. The number of rotatable bonds is 12. The van der Waals surface area contributed by atoms with Gasteiger partial charge in [0.1, 0.15) is 5.75 Å². The number of amides is 3. The number of anilines is 2. The largest absolute Gasteiger partial charge is 0.494 e. The number of nitrogens with zero attached hydrogens (tertiary/aromatic N) is 2. The predicted molar refractivity (Wildman–Crippen MR) is 199 cm³/mol. The number of urea groups is 1. The van der Waals surface area contributed by atoms with E-state index in [4.69, 9.17) is 14.5 Å². The Morgan fingerprint density at radius 3 is 2.35 bits per heavy atom. The summed E-state index contributed by atoms with van der Waals surface area (Å²) in [4.78, 5) is 32.8. The zero-order chi connectivity index (χ0) is 36.2. The molecular formula is C38H46N6O6S. The zero-order valence-corrected chi connectivity index (χ0v) is 30.4. The minimum Gasteiger partial charge on any atom is -0.494 e. The highest BCUT2D eigenvalue weighted by molar-refractivity contribution is 7.88. The Morgan fingerprint density at radius 1 is 0.961 bits per heavy atom. The van der Waals surface area contributed by atoms with E-state index in [0.717, 1.165) is 78.8 Å². The normalized spacial score (nSPS) is 15.4. The molecule has 1 aromatic heterocycles. The summed E-state index contributed by atoms with van der Waals surface area (Å²) in [7, 11) is -2.50. The highest BCUT2D eigenvalue weighted by atomic mass is 32.2. The number of fused-ring (bicyclic) bond motifs is 1. The van der Waals surface area contributed by atoms with Gasteiger partial charge in [0.2, 0.25) is 15.9 Å². The number of hydrogen-bond donors (Lipinski definition) is 4. The van der Waals surface area contributed by atoms with Crippen molar-refractivity contribution in [1.29, 1.82) is 0 Å². The molecule has 51 heavy (non-hydrogen) atoms. The molecule has 2 fully saturated rings. The van der Waals surface area contributed by atoms with Crippen molar-refractivity contribution < 1.29 is 27.5 Å². The average Bonchev–Trinajstić information content (AvgIpc) is 3.92. The maximum atomic E-state index is 13.6. The summed E-state index contributed by atoms with van der Waals surface area (Å²) in [5.74, 6) is -0.594. The first-order valence-electron chi connectivity index (χ1n) is 17.2. The van der Waals surface area contributed by atoms with Gasteiger partial charge in [-0.3, -0.25) is 14.7 Å². The van der Waals surface area contributed by atoms with Gasteiger partial charge in [0.25, 0.3) is 0 Å². The number of nitrogens with one attached hydrogen (secondary N) is 4. The predicted octanol–water partition coefficient (Wildman–Crippen LogP) is 5.38. The minimum absolute atomic E-state index is 0.127. The van der Waals surface area contributed by atoms with Gasteiger partial charge in [-0.1, -0.05) is 63.2 Å². The summed E-state index contributed by atoms with van der Waals surface area (Å²) in [6, 6.07) is 19.0. The van der Waals surface area contributed by atoms with E-state index in [-0.39, 0.29) is 29.7 Å². The smallest absolute Gasteiger partial charge is 0.323 e. The van der Waals surface area contributed by atoms with Crippen LogP contribution in [0.25, 0.3) is 21.9 Å². The van der Waals surface area contributed by atoms with Crippen LogP contribution >= 0.6 is 0 Å². The Kier molecular flexibility index (Phi) is 10.9. The van der Waals surface area contributed by atoms with Crippen LogP contribution in [0, 0.1) is 0 Å². The molecule has 0 spiro atoms. The summed E-state index contributed by atoms with van der Waals surface area (Å²) in [6.07, 6.45) is 3.70. The number of benzene rings is 3. The van der Waals surface area contributed by atoms with Crippen molar-refractivity contribution in [3.05, 3.63) is 83.7 Å². The van der Waals surface area contributed by atoms with Crippen molar-refractivity contribution in [1.82, 2.24) is 19.9 Å². The lowest BCUT2D eigenvalue weighted by molar-refractivity contribution is -0.120. The average molecular weight is 715 g/mol. The van der Waals surface area contributed by atoms with Crippen molar-refractivity contribution in [2.24, 2.45) is 0 Å². The second kappa shape index (κ2) is 15.4. The lowest BCUT2D eigenvalue weighted by Gasteiger charge is -2.26. The van der Waals surface area contributed by atoms with Gasteiger partial charge < -0.3 is 25.4 Å². The number of aromatic nitrogens is 1. The van der Waals surface area contributed by atoms with Gasteiger partial charge in [-0.15, -0.1) is 0 Å². The third-order valence-corrected chi connectivity index (χ3v) is 10.3. The van der Waals surface area contributed by atoms with E-state index >= 15 is 0 Å². The molecule has 0 unspecified atom stereocenters. The lowest BCUT2D eigenvalue weighted by atomic mass is 9.85. The van der Waals surface area contributed by atoms with E-state index in [1.165, 1.54) is 7.11 Å². The fraction of sp³-hybridized carbons (Fsp3) is 0.395. The van der Waals surface area contributed by atoms with Crippen LogP contribution in [-0.4, -0.2) is 76.2 Å². The van der Waals surface area contributed by atoms with Gasteiger partial charge in [-0.05, 0) is 53.0 Å². The van der Waals surface area contributed by atoms with E-state index in [0.29, 0.717) is 16.9 Å². The monoisotopic (exact) mass is 714 g/mol. The Balaban J connectivity index is 1.21. The third kappa shape index (κ3) is 9.41. The standard InChI is InChI=1S/C38H46N6O6S/c1-38(2,3)27-19-26(24-51(47,48)40-22-35(45)41-28-11-12-28)36(49-4)34(20-27)43-37(46)42-33-14-13-30(31-7-5-6-8-32(31)33)25-9-10-29(39-21-25)23-44-15-17-50-18-16-44/h5-10,13-14,19-21,28,40H,11-12,15-18,22-24H2,1-4H3,(H,41,45)(H2,42,43,46). The van der Waals surface area contributed by atoms with Crippen molar-refractivity contribution in [2.45, 2.75) is 57.4 Å². The summed E-state index contributed by atoms with van der Waals surface area (Å²) in [6.45, 7) is 9.70. The summed E-state index contributed by atoms with van der Waals surface area (Å²) in [5, 5.41) is 10.5. The van der Waals surface area contributed by atoms with Crippen LogP contribution in [-0.2, 0) is 37.3 Å². The molecule has 4 aromatic rings. The zero-order valence-electron chi connectivity index (χ0n) is 29.5. The summed E-state index contributed by atoms with van der Waals surface area (Å²) < 4.78 is 39.7. The molecule has 2 heterocycles. The Bertz CT molecular complexity index is 2000. The molecule has 1 saturated heterocycles. The lowest BCUT2D eigenvalue weighted by Crippen LogP contribution is -2.38. The first kappa shape index (κ1) is 36.2. The third-order valence-electron chi connectivity index (χ3n) is 9.02. The van der Waals surface area contributed by atoms with E-state index < -0.39 is 21.8 Å². The van der Waals surface area contributed by atoms with Crippen LogP contribution in [0.5, 0.6) is 5.75 Å². The number of carbonyl (C=O) groups excluding carboxylic acids is 2. The maximum Gasteiger partial charge on any atom is 0.323 e. The molecule has 1 aliphatic carbocycles. The van der Waals surface area contributed by atoms with Crippen LogP contribution in [0.1, 0.15) is 50.4 Å². The summed E-state index contributed by atoms with van der Waals surface area (Å²) in [5.41, 5.74) is 4.66. The van der Waals surface area contributed by atoms with Gasteiger partial charge in [0, 0.05) is 48.4 Å². The number of carbonyl (C=O) groups is 2. The van der Waals surface area contributed by atoms with E-state index in [9.17, 15) is 18.0 Å².